The average molecular weight is 288 g/mol. The average Bonchev–Trinajstić information content (AvgIpc) is 2.82. The summed E-state index contributed by atoms with van der Waals surface area (Å²) in [5.41, 5.74) is 1.27. The molecule has 0 amide bonds. The summed E-state index contributed by atoms with van der Waals surface area (Å²) in [6.07, 6.45) is 7.05. The van der Waals surface area contributed by atoms with Gasteiger partial charge in [-0.05, 0) is 36.8 Å². The maximum absolute atomic E-state index is 5.93. The lowest BCUT2D eigenvalue weighted by Crippen LogP contribution is -2.26. The molecule has 1 aromatic rings. The fourth-order valence-electron chi connectivity index (χ4n) is 2.40. The second-order valence-electron chi connectivity index (χ2n) is 4.99. The van der Waals surface area contributed by atoms with Crippen molar-refractivity contribution in [1.29, 1.82) is 0 Å². The molecule has 1 aromatic heterocycles. The van der Waals surface area contributed by atoms with Crippen LogP contribution in [0.25, 0.3) is 0 Å². The summed E-state index contributed by atoms with van der Waals surface area (Å²) < 4.78 is 6.75. The van der Waals surface area contributed by atoms with E-state index in [2.05, 4.69) is 17.6 Å². The summed E-state index contributed by atoms with van der Waals surface area (Å²) in [7, 11) is 0. The van der Waals surface area contributed by atoms with Gasteiger partial charge in [0.05, 0.1) is 17.0 Å². The van der Waals surface area contributed by atoms with Crippen molar-refractivity contribution in [2.24, 2.45) is 0 Å². The standard InChI is InChI=1S/C14H22ClNOS/c1-11(12-9-14(15)18-10-12)16-7-8-17-13-5-3-2-4-6-13/h9-11,13,16H,2-8H2,1H3. The Kier molecular flexibility index (Phi) is 5.96. The molecule has 0 radical (unpaired) electrons. The Hall–Kier alpha value is -0.0900. The summed E-state index contributed by atoms with van der Waals surface area (Å²) in [4.78, 5) is 0. The SMILES string of the molecule is CC(NCCOC1CCCCC1)c1csc(Cl)c1. The first-order valence-electron chi connectivity index (χ1n) is 6.84. The highest BCUT2D eigenvalue weighted by molar-refractivity contribution is 7.14. The molecular formula is C14H22ClNOS. The van der Waals surface area contributed by atoms with Crippen LogP contribution in [0.5, 0.6) is 0 Å². The molecule has 0 spiro atoms. The van der Waals surface area contributed by atoms with Crippen molar-refractivity contribution in [1.82, 2.24) is 5.32 Å². The van der Waals surface area contributed by atoms with Gasteiger partial charge in [-0.1, -0.05) is 30.9 Å². The molecule has 18 heavy (non-hydrogen) atoms. The second kappa shape index (κ2) is 7.49. The molecule has 1 aliphatic rings. The lowest BCUT2D eigenvalue weighted by Gasteiger charge is -2.22. The quantitative estimate of drug-likeness (QED) is 0.783. The van der Waals surface area contributed by atoms with E-state index in [9.17, 15) is 0 Å². The Morgan fingerprint density at radius 2 is 2.22 bits per heavy atom. The molecule has 1 heterocycles. The first-order chi connectivity index (χ1) is 8.75. The molecule has 0 saturated heterocycles. The predicted octanol–water partition coefficient (Wildman–Crippen LogP) is 4.40. The number of halogens is 1. The maximum Gasteiger partial charge on any atom is 0.0931 e. The Balaban J connectivity index is 1.60. The molecule has 2 nitrogen and oxygen atoms in total. The van der Waals surface area contributed by atoms with Gasteiger partial charge in [-0.15, -0.1) is 11.3 Å². The highest BCUT2D eigenvalue weighted by atomic mass is 35.5. The molecule has 1 saturated carbocycles. The summed E-state index contributed by atoms with van der Waals surface area (Å²) in [6.45, 7) is 3.89. The lowest BCUT2D eigenvalue weighted by molar-refractivity contribution is 0.0295. The van der Waals surface area contributed by atoms with Gasteiger partial charge < -0.3 is 10.1 Å². The highest BCUT2D eigenvalue weighted by Gasteiger charge is 2.13. The van der Waals surface area contributed by atoms with Gasteiger partial charge in [-0.2, -0.15) is 0 Å². The van der Waals surface area contributed by atoms with E-state index in [1.807, 2.05) is 6.07 Å². The fraction of sp³-hybridized carbons (Fsp3) is 0.714. The first-order valence-corrected chi connectivity index (χ1v) is 8.10. The van der Waals surface area contributed by atoms with Gasteiger partial charge in [-0.3, -0.25) is 0 Å². The molecule has 0 bridgehead atoms. The summed E-state index contributed by atoms with van der Waals surface area (Å²) in [6, 6.07) is 2.38. The molecule has 1 aliphatic carbocycles. The number of thiophene rings is 1. The zero-order valence-corrected chi connectivity index (χ0v) is 12.5. The van der Waals surface area contributed by atoms with Gasteiger partial charge in [0.2, 0.25) is 0 Å². The molecule has 102 valence electrons. The van der Waals surface area contributed by atoms with E-state index in [-0.39, 0.29) is 0 Å². The van der Waals surface area contributed by atoms with Crippen molar-refractivity contribution in [2.75, 3.05) is 13.2 Å². The third-order valence-corrected chi connectivity index (χ3v) is 4.66. The normalized spacial score (nSPS) is 19.0. The number of nitrogens with one attached hydrogen (secondary N) is 1. The number of ether oxygens (including phenoxy) is 1. The van der Waals surface area contributed by atoms with Gasteiger partial charge >= 0.3 is 0 Å². The van der Waals surface area contributed by atoms with E-state index in [0.29, 0.717) is 12.1 Å². The molecule has 0 aromatic carbocycles. The van der Waals surface area contributed by atoms with Gasteiger partial charge in [0.25, 0.3) is 0 Å². The monoisotopic (exact) mass is 287 g/mol. The smallest absolute Gasteiger partial charge is 0.0931 e. The van der Waals surface area contributed by atoms with E-state index in [0.717, 1.165) is 17.5 Å². The van der Waals surface area contributed by atoms with E-state index in [1.54, 1.807) is 11.3 Å². The van der Waals surface area contributed by atoms with Crippen LogP contribution in [0.15, 0.2) is 11.4 Å². The van der Waals surface area contributed by atoms with Crippen LogP contribution < -0.4 is 5.32 Å². The molecular weight excluding hydrogens is 266 g/mol. The highest BCUT2D eigenvalue weighted by Crippen LogP contribution is 2.24. The second-order valence-corrected chi connectivity index (χ2v) is 6.53. The first kappa shape index (κ1) is 14.3. The largest absolute Gasteiger partial charge is 0.377 e. The molecule has 1 atom stereocenters. The van der Waals surface area contributed by atoms with Crippen molar-refractivity contribution in [2.45, 2.75) is 51.2 Å². The molecule has 1 unspecified atom stereocenters. The van der Waals surface area contributed by atoms with Crippen LogP contribution in [-0.2, 0) is 4.74 Å². The zero-order chi connectivity index (χ0) is 12.8. The van der Waals surface area contributed by atoms with Crippen molar-refractivity contribution < 1.29 is 4.74 Å². The van der Waals surface area contributed by atoms with E-state index in [4.69, 9.17) is 16.3 Å². The Morgan fingerprint density at radius 3 is 2.89 bits per heavy atom. The topological polar surface area (TPSA) is 21.3 Å². The lowest BCUT2D eigenvalue weighted by atomic mass is 9.98. The minimum Gasteiger partial charge on any atom is -0.377 e. The van der Waals surface area contributed by atoms with Crippen LogP contribution in [0.3, 0.4) is 0 Å². The van der Waals surface area contributed by atoms with Crippen LogP contribution in [0, 0.1) is 0 Å². The molecule has 0 aliphatic heterocycles. The molecule has 1 N–H and O–H groups in total. The van der Waals surface area contributed by atoms with E-state index < -0.39 is 0 Å². The van der Waals surface area contributed by atoms with Crippen molar-refractivity contribution in [3.05, 3.63) is 21.3 Å². The Bertz CT molecular complexity index is 349. The number of hydrogen-bond acceptors (Lipinski definition) is 3. The summed E-state index contributed by atoms with van der Waals surface area (Å²) in [5.74, 6) is 0. The Labute approximate surface area is 119 Å². The Morgan fingerprint density at radius 1 is 1.44 bits per heavy atom. The van der Waals surface area contributed by atoms with Crippen LogP contribution in [-0.4, -0.2) is 19.3 Å². The third kappa shape index (κ3) is 4.54. The summed E-state index contributed by atoms with van der Waals surface area (Å²) >= 11 is 7.52. The predicted molar refractivity (Wildman–Crippen MR) is 78.6 cm³/mol. The van der Waals surface area contributed by atoms with E-state index in [1.165, 1.54) is 37.7 Å². The van der Waals surface area contributed by atoms with Gasteiger partial charge in [0.1, 0.15) is 0 Å². The third-order valence-electron chi connectivity index (χ3n) is 3.55. The maximum atomic E-state index is 5.93. The fourth-order valence-corrected chi connectivity index (χ4v) is 3.39. The van der Waals surface area contributed by atoms with E-state index >= 15 is 0 Å². The minimum atomic E-state index is 0.351. The molecule has 4 heteroatoms. The van der Waals surface area contributed by atoms with Gasteiger partial charge in [0, 0.05) is 12.6 Å². The molecule has 2 rings (SSSR count). The number of hydrogen-bond donors (Lipinski definition) is 1. The van der Waals surface area contributed by atoms with Crippen LogP contribution in [0.1, 0.15) is 50.6 Å². The zero-order valence-electron chi connectivity index (χ0n) is 11.0. The van der Waals surface area contributed by atoms with Crippen LogP contribution >= 0.6 is 22.9 Å². The van der Waals surface area contributed by atoms with Crippen LogP contribution in [0.4, 0.5) is 0 Å². The minimum absolute atomic E-state index is 0.351. The summed E-state index contributed by atoms with van der Waals surface area (Å²) in [5, 5.41) is 5.59. The van der Waals surface area contributed by atoms with Crippen molar-refractivity contribution in [3.8, 4) is 0 Å². The molecule has 1 fully saturated rings. The van der Waals surface area contributed by atoms with Crippen molar-refractivity contribution in [3.63, 3.8) is 0 Å². The number of rotatable bonds is 6. The van der Waals surface area contributed by atoms with Gasteiger partial charge in [0.15, 0.2) is 0 Å². The van der Waals surface area contributed by atoms with Crippen molar-refractivity contribution >= 4 is 22.9 Å². The van der Waals surface area contributed by atoms with Gasteiger partial charge in [-0.25, -0.2) is 0 Å². The van der Waals surface area contributed by atoms with Crippen LogP contribution in [0.2, 0.25) is 4.34 Å².